The van der Waals surface area contributed by atoms with Crippen LogP contribution in [0.1, 0.15) is 20.8 Å². The Kier molecular flexibility index (Phi) is 12.4. The average Bonchev–Trinajstić information content (AvgIpc) is 1.90. The van der Waals surface area contributed by atoms with Gasteiger partial charge in [0.2, 0.25) is 0 Å². The molecule has 0 heterocycles. The third-order valence-electron chi connectivity index (χ3n) is 1.73. The highest BCUT2D eigenvalue weighted by Crippen LogP contribution is 2.01. The van der Waals surface area contributed by atoms with Gasteiger partial charge >= 0.3 is 0 Å². The molecule has 0 aromatic heterocycles. The predicted molar refractivity (Wildman–Crippen MR) is 56.8 cm³/mol. The summed E-state index contributed by atoms with van der Waals surface area (Å²) in [5.41, 5.74) is 0. The van der Waals surface area contributed by atoms with Crippen LogP contribution in [0.2, 0.25) is 19.0 Å². The van der Waals surface area contributed by atoms with Crippen LogP contribution in [0, 0.1) is 0 Å². The molecule has 0 bridgehead atoms. The molecular weight excluding hydrogens is 133 g/mol. The van der Waals surface area contributed by atoms with E-state index >= 15 is 0 Å². The minimum atomic E-state index is 0.986. The van der Waals surface area contributed by atoms with Gasteiger partial charge in [-0.25, -0.2) is 0 Å². The molecule has 68 valence electrons. The molecule has 0 saturated carbocycles. The first kappa shape index (κ1) is 13.6. The van der Waals surface area contributed by atoms with E-state index in [1.165, 1.54) is 19.0 Å². The van der Waals surface area contributed by atoms with Crippen LogP contribution in [0.4, 0.5) is 0 Å². The molecule has 0 saturated heterocycles. The SMILES string of the molecule is CCB(CC)CC.CN(C)C. The number of rotatable bonds is 3. The summed E-state index contributed by atoms with van der Waals surface area (Å²) in [7, 11) is 6.00. The zero-order valence-corrected chi connectivity index (χ0v) is 9.15. The van der Waals surface area contributed by atoms with Crippen molar-refractivity contribution in [2.24, 2.45) is 0 Å². The van der Waals surface area contributed by atoms with Crippen LogP contribution in [0.25, 0.3) is 0 Å². The highest BCUT2D eigenvalue weighted by Gasteiger charge is 2.01. The maximum atomic E-state index is 2.26. The molecule has 0 radical (unpaired) electrons. The third-order valence-corrected chi connectivity index (χ3v) is 1.73. The Morgan fingerprint density at radius 2 is 1.00 bits per heavy atom. The van der Waals surface area contributed by atoms with Crippen LogP contribution in [0.5, 0.6) is 0 Å². The van der Waals surface area contributed by atoms with Crippen molar-refractivity contribution < 1.29 is 0 Å². The molecule has 0 atom stereocenters. The fraction of sp³-hybridized carbons (Fsp3) is 1.00. The second kappa shape index (κ2) is 10.0. The van der Waals surface area contributed by atoms with Gasteiger partial charge in [-0.1, -0.05) is 39.7 Å². The van der Waals surface area contributed by atoms with Crippen molar-refractivity contribution >= 4 is 6.71 Å². The molecule has 0 rings (SSSR count). The van der Waals surface area contributed by atoms with Crippen molar-refractivity contribution in [1.82, 2.24) is 4.90 Å². The van der Waals surface area contributed by atoms with Crippen molar-refractivity contribution in [1.29, 1.82) is 0 Å². The minimum absolute atomic E-state index is 0.986. The van der Waals surface area contributed by atoms with Gasteiger partial charge in [-0.05, 0) is 21.1 Å². The van der Waals surface area contributed by atoms with Gasteiger partial charge in [0.25, 0.3) is 0 Å². The smallest absolute Gasteiger partial charge is 0.139 e. The maximum Gasteiger partial charge on any atom is 0.139 e. The quantitative estimate of drug-likeness (QED) is 0.569. The number of hydrogen-bond donors (Lipinski definition) is 0. The van der Waals surface area contributed by atoms with Crippen molar-refractivity contribution in [2.45, 2.75) is 39.7 Å². The molecule has 0 fully saturated rings. The summed E-state index contributed by atoms with van der Waals surface area (Å²) in [6.45, 7) is 7.77. The number of hydrogen-bond acceptors (Lipinski definition) is 1. The first-order valence-corrected chi connectivity index (χ1v) is 4.69. The summed E-state index contributed by atoms with van der Waals surface area (Å²) in [5, 5.41) is 0. The molecule has 0 N–H and O–H groups in total. The standard InChI is InChI=1S/C6H15B.C3H9N/c1-4-7(5-2)6-3;1-4(2)3/h4-6H2,1-3H3;1-3H3. The van der Waals surface area contributed by atoms with Gasteiger partial charge in [0.1, 0.15) is 6.71 Å². The zero-order valence-electron chi connectivity index (χ0n) is 9.15. The Balaban J connectivity index is 0. The van der Waals surface area contributed by atoms with Crippen LogP contribution < -0.4 is 0 Å². The van der Waals surface area contributed by atoms with E-state index in [0.29, 0.717) is 0 Å². The Bertz CT molecular complexity index is 52.3. The summed E-state index contributed by atoms with van der Waals surface area (Å²) in [6.07, 6.45) is 4.06. The van der Waals surface area contributed by atoms with Crippen LogP contribution in [-0.4, -0.2) is 32.8 Å². The molecule has 0 aliphatic carbocycles. The average molecular weight is 157 g/mol. The first-order valence-electron chi connectivity index (χ1n) is 4.69. The molecule has 0 amide bonds. The predicted octanol–water partition coefficient (Wildman–Crippen LogP) is 2.72. The van der Waals surface area contributed by atoms with E-state index in [2.05, 4.69) is 20.8 Å². The van der Waals surface area contributed by atoms with Gasteiger partial charge in [0, 0.05) is 0 Å². The Morgan fingerprint density at radius 3 is 1.00 bits per heavy atom. The van der Waals surface area contributed by atoms with Gasteiger partial charge in [-0.15, -0.1) is 0 Å². The minimum Gasteiger partial charge on any atom is -0.312 e. The zero-order chi connectivity index (χ0) is 9.28. The summed E-state index contributed by atoms with van der Waals surface area (Å²) < 4.78 is 0. The molecular formula is C9H24BN. The van der Waals surface area contributed by atoms with Crippen LogP contribution in [0.15, 0.2) is 0 Å². The molecule has 0 aliphatic heterocycles. The Morgan fingerprint density at radius 1 is 0.818 bits per heavy atom. The molecule has 11 heavy (non-hydrogen) atoms. The van der Waals surface area contributed by atoms with Gasteiger partial charge in [-0.3, -0.25) is 0 Å². The molecule has 0 unspecified atom stereocenters. The van der Waals surface area contributed by atoms with E-state index in [1.807, 2.05) is 26.0 Å². The van der Waals surface area contributed by atoms with E-state index in [1.54, 1.807) is 0 Å². The fourth-order valence-corrected chi connectivity index (χ4v) is 0.866. The molecule has 1 nitrogen and oxygen atoms in total. The normalized spacial score (nSPS) is 9.00. The lowest BCUT2D eigenvalue weighted by Crippen LogP contribution is -2.04. The fourth-order valence-electron chi connectivity index (χ4n) is 0.866. The van der Waals surface area contributed by atoms with Crippen molar-refractivity contribution in [3.05, 3.63) is 0 Å². The van der Waals surface area contributed by atoms with E-state index < -0.39 is 0 Å². The topological polar surface area (TPSA) is 3.24 Å². The largest absolute Gasteiger partial charge is 0.312 e. The number of nitrogens with zero attached hydrogens (tertiary/aromatic N) is 1. The lowest BCUT2D eigenvalue weighted by Gasteiger charge is -2.00. The van der Waals surface area contributed by atoms with Crippen molar-refractivity contribution in [3.63, 3.8) is 0 Å². The highest BCUT2D eigenvalue weighted by molar-refractivity contribution is 6.58. The lowest BCUT2D eigenvalue weighted by molar-refractivity contribution is 0.505. The van der Waals surface area contributed by atoms with Crippen molar-refractivity contribution in [3.8, 4) is 0 Å². The van der Waals surface area contributed by atoms with Crippen LogP contribution in [-0.2, 0) is 0 Å². The van der Waals surface area contributed by atoms with Gasteiger partial charge in [0.05, 0.1) is 0 Å². The van der Waals surface area contributed by atoms with E-state index in [9.17, 15) is 0 Å². The first-order chi connectivity index (χ1) is 5.08. The molecule has 0 aliphatic rings. The van der Waals surface area contributed by atoms with Crippen LogP contribution in [0.3, 0.4) is 0 Å². The Hall–Kier alpha value is 0.0249. The molecule has 0 aromatic rings. The lowest BCUT2D eigenvalue weighted by atomic mass is 9.44. The maximum absolute atomic E-state index is 2.26. The molecule has 0 aromatic carbocycles. The van der Waals surface area contributed by atoms with Crippen LogP contribution >= 0.6 is 0 Å². The second-order valence-corrected chi connectivity index (χ2v) is 3.43. The van der Waals surface area contributed by atoms with Crippen molar-refractivity contribution in [2.75, 3.05) is 21.1 Å². The molecule has 0 spiro atoms. The molecule has 2 heteroatoms. The van der Waals surface area contributed by atoms with E-state index in [0.717, 1.165) is 6.71 Å². The second-order valence-electron chi connectivity index (χ2n) is 3.43. The summed E-state index contributed by atoms with van der Waals surface area (Å²) in [4.78, 5) is 2.00. The van der Waals surface area contributed by atoms with Gasteiger partial charge in [0.15, 0.2) is 0 Å². The van der Waals surface area contributed by atoms with E-state index in [-0.39, 0.29) is 0 Å². The summed E-state index contributed by atoms with van der Waals surface area (Å²) in [6, 6.07) is 0. The summed E-state index contributed by atoms with van der Waals surface area (Å²) >= 11 is 0. The monoisotopic (exact) mass is 157 g/mol. The van der Waals surface area contributed by atoms with Gasteiger partial charge in [-0.2, -0.15) is 0 Å². The highest BCUT2D eigenvalue weighted by atomic mass is 15.0. The van der Waals surface area contributed by atoms with E-state index in [4.69, 9.17) is 0 Å². The third kappa shape index (κ3) is 17.8. The summed E-state index contributed by atoms with van der Waals surface area (Å²) in [5.74, 6) is 0. The Labute approximate surface area is 73.2 Å². The van der Waals surface area contributed by atoms with Gasteiger partial charge < -0.3 is 4.90 Å².